The van der Waals surface area contributed by atoms with E-state index in [0.717, 1.165) is 16.8 Å². The average Bonchev–Trinajstić information content (AvgIpc) is 2.48. The Morgan fingerprint density at radius 3 is 2.73 bits per heavy atom. The van der Waals surface area contributed by atoms with E-state index >= 15 is 0 Å². The Morgan fingerprint density at radius 2 is 2.05 bits per heavy atom. The number of halogens is 1. The molecule has 116 valence electrons. The lowest BCUT2D eigenvalue weighted by Crippen LogP contribution is -2.14. The maximum atomic E-state index is 13.1. The van der Waals surface area contributed by atoms with Crippen LogP contribution >= 0.6 is 0 Å². The maximum Gasteiger partial charge on any atom is 0.411 e. The van der Waals surface area contributed by atoms with Gasteiger partial charge in [-0.15, -0.1) is 0 Å². The molecule has 0 saturated heterocycles. The van der Waals surface area contributed by atoms with Crippen LogP contribution in [0.2, 0.25) is 0 Å². The number of aryl methyl sites for hydroxylation is 1. The summed E-state index contributed by atoms with van der Waals surface area (Å²) in [6.45, 7) is 4.57. The molecule has 0 radical (unpaired) electrons. The van der Waals surface area contributed by atoms with Gasteiger partial charge in [0.05, 0.1) is 6.61 Å². The molecule has 2 aromatic rings. The minimum atomic E-state index is -0.462. The molecule has 0 bridgehead atoms. The lowest BCUT2D eigenvalue weighted by molar-refractivity contribution is 0.168. The quantitative estimate of drug-likeness (QED) is 0.865. The van der Waals surface area contributed by atoms with Crippen molar-refractivity contribution >= 4 is 17.5 Å². The Balaban J connectivity index is 1.98. The van der Waals surface area contributed by atoms with Crippen molar-refractivity contribution in [2.75, 3.05) is 17.2 Å². The predicted octanol–water partition coefficient (Wildman–Crippen LogP) is 4.31. The molecular formula is C17H19FN2O2. The highest BCUT2D eigenvalue weighted by atomic mass is 19.1. The van der Waals surface area contributed by atoms with Gasteiger partial charge in [0.2, 0.25) is 0 Å². The van der Waals surface area contributed by atoms with E-state index in [4.69, 9.17) is 4.74 Å². The second kappa shape index (κ2) is 7.45. The molecule has 0 spiro atoms. The molecule has 0 heterocycles. The fourth-order valence-electron chi connectivity index (χ4n) is 2.06. The van der Waals surface area contributed by atoms with Crippen molar-refractivity contribution in [2.45, 2.75) is 20.4 Å². The Bertz CT molecular complexity index is 659. The first-order valence-electron chi connectivity index (χ1n) is 7.11. The number of carbonyl (C=O) groups is 1. The van der Waals surface area contributed by atoms with E-state index in [0.29, 0.717) is 18.8 Å². The normalized spacial score (nSPS) is 10.1. The zero-order valence-electron chi connectivity index (χ0n) is 12.7. The Kier molecular flexibility index (Phi) is 5.36. The van der Waals surface area contributed by atoms with Crippen LogP contribution in [0.5, 0.6) is 0 Å². The van der Waals surface area contributed by atoms with Crippen molar-refractivity contribution in [3.8, 4) is 0 Å². The Hall–Kier alpha value is -2.56. The summed E-state index contributed by atoms with van der Waals surface area (Å²) < 4.78 is 18.0. The molecule has 0 aliphatic heterocycles. The molecule has 0 saturated carbocycles. The second-order valence-corrected chi connectivity index (χ2v) is 4.86. The van der Waals surface area contributed by atoms with Crippen LogP contribution in [0.15, 0.2) is 42.5 Å². The van der Waals surface area contributed by atoms with Gasteiger partial charge in [-0.25, -0.2) is 9.18 Å². The summed E-state index contributed by atoms with van der Waals surface area (Å²) in [4.78, 5) is 11.4. The second-order valence-electron chi connectivity index (χ2n) is 4.86. The van der Waals surface area contributed by atoms with Crippen molar-refractivity contribution < 1.29 is 13.9 Å². The molecule has 2 N–H and O–H groups in total. The fraction of sp³-hybridized carbons (Fsp3) is 0.235. The van der Waals surface area contributed by atoms with Gasteiger partial charge in [0.25, 0.3) is 0 Å². The van der Waals surface area contributed by atoms with Crippen LogP contribution in [0.1, 0.15) is 18.1 Å². The highest BCUT2D eigenvalue weighted by Gasteiger charge is 2.05. The van der Waals surface area contributed by atoms with Crippen molar-refractivity contribution in [2.24, 2.45) is 0 Å². The van der Waals surface area contributed by atoms with Gasteiger partial charge in [-0.2, -0.15) is 0 Å². The standard InChI is InChI=1S/C17H19FN2O2/c1-3-22-17(21)20-16-8-7-13(9-12(16)2)11-19-15-6-4-5-14(18)10-15/h4-10,19H,3,11H2,1-2H3,(H,20,21). The molecule has 2 rings (SSSR count). The van der Waals surface area contributed by atoms with E-state index < -0.39 is 6.09 Å². The molecule has 0 aliphatic carbocycles. The molecule has 5 heteroatoms. The van der Waals surface area contributed by atoms with Crippen molar-refractivity contribution in [1.82, 2.24) is 0 Å². The summed E-state index contributed by atoms with van der Waals surface area (Å²) in [6, 6.07) is 12.0. The number of amides is 1. The van der Waals surface area contributed by atoms with E-state index in [1.54, 1.807) is 13.0 Å². The first-order valence-corrected chi connectivity index (χ1v) is 7.11. The van der Waals surface area contributed by atoms with Crippen molar-refractivity contribution in [3.05, 3.63) is 59.4 Å². The zero-order valence-corrected chi connectivity index (χ0v) is 12.7. The Morgan fingerprint density at radius 1 is 1.23 bits per heavy atom. The third kappa shape index (κ3) is 4.48. The van der Waals surface area contributed by atoms with Crippen LogP contribution in [0, 0.1) is 12.7 Å². The van der Waals surface area contributed by atoms with Crippen LogP contribution < -0.4 is 10.6 Å². The first kappa shape index (κ1) is 15.8. The van der Waals surface area contributed by atoms with Gasteiger partial charge in [0, 0.05) is 17.9 Å². The largest absolute Gasteiger partial charge is 0.450 e. The highest BCUT2D eigenvalue weighted by Crippen LogP contribution is 2.18. The third-order valence-electron chi connectivity index (χ3n) is 3.12. The lowest BCUT2D eigenvalue weighted by atomic mass is 10.1. The summed E-state index contributed by atoms with van der Waals surface area (Å²) in [5.41, 5.74) is 3.42. The molecule has 0 fully saturated rings. The Labute approximate surface area is 129 Å². The number of anilines is 2. The van der Waals surface area contributed by atoms with E-state index in [9.17, 15) is 9.18 Å². The molecule has 22 heavy (non-hydrogen) atoms. The van der Waals surface area contributed by atoms with E-state index in [1.165, 1.54) is 12.1 Å². The van der Waals surface area contributed by atoms with Crippen LogP contribution in [0.3, 0.4) is 0 Å². The summed E-state index contributed by atoms with van der Waals surface area (Å²) in [7, 11) is 0. The number of nitrogens with one attached hydrogen (secondary N) is 2. The van der Waals surface area contributed by atoms with Crippen molar-refractivity contribution in [1.29, 1.82) is 0 Å². The number of rotatable bonds is 5. The van der Waals surface area contributed by atoms with Gasteiger partial charge >= 0.3 is 6.09 Å². The van der Waals surface area contributed by atoms with Crippen LogP contribution in [0.4, 0.5) is 20.6 Å². The topological polar surface area (TPSA) is 50.4 Å². The number of hydrogen-bond acceptors (Lipinski definition) is 3. The van der Waals surface area contributed by atoms with Gasteiger partial charge in [-0.1, -0.05) is 18.2 Å². The molecule has 2 aromatic carbocycles. The fourth-order valence-corrected chi connectivity index (χ4v) is 2.06. The summed E-state index contributed by atoms with van der Waals surface area (Å²) in [5.74, 6) is -0.268. The number of hydrogen-bond donors (Lipinski definition) is 2. The SMILES string of the molecule is CCOC(=O)Nc1ccc(CNc2cccc(F)c2)cc1C. The third-order valence-corrected chi connectivity index (χ3v) is 3.12. The minimum Gasteiger partial charge on any atom is -0.450 e. The average molecular weight is 302 g/mol. The van der Waals surface area contributed by atoms with Gasteiger partial charge in [0.1, 0.15) is 5.82 Å². The summed E-state index contributed by atoms with van der Waals surface area (Å²) in [6.07, 6.45) is -0.462. The van der Waals surface area contributed by atoms with Crippen LogP contribution in [-0.2, 0) is 11.3 Å². The molecule has 0 atom stereocenters. The highest BCUT2D eigenvalue weighted by molar-refractivity contribution is 5.85. The zero-order chi connectivity index (χ0) is 15.9. The molecule has 1 amide bonds. The summed E-state index contributed by atoms with van der Waals surface area (Å²) in [5, 5.41) is 5.85. The van der Waals surface area contributed by atoms with Crippen LogP contribution in [0.25, 0.3) is 0 Å². The lowest BCUT2D eigenvalue weighted by Gasteiger charge is -2.11. The van der Waals surface area contributed by atoms with Gasteiger partial charge in [0.15, 0.2) is 0 Å². The predicted molar refractivity (Wildman–Crippen MR) is 85.6 cm³/mol. The molecular weight excluding hydrogens is 283 g/mol. The molecule has 4 nitrogen and oxygen atoms in total. The van der Waals surface area contributed by atoms with Gasteiger partial charge in [-0.3, -0.25) is 5.32 Å². The van der Waals surface area contributed by atoms with Gasteiger partial charge < -0.3 is 10.1 Å². The molecule has 0 aliphatic rings. The van der Waals surface area contributed by atoms with E-state index in [2.05, 4.69) is 10.6 Å². The van der Waals surface area contributed by atoms with E-state index in [1.807, 2.05) is 31.2 Å². The smallest absolute Gasteiger partial charge is 0.411 e. The van der Waals surface area contributed by atoms with Gasteiger partial charge in [-0.05, 0) is 49.2 Å². The molecule has 0 aromatic heterocycles. The van der Waals surface area contributed by atoms with E-state index in [-0.39, 0.29) is 5.82 Å². The minimum absolute atomic E-state index is 0.268. The maximum absolute atomic E-state index is 13.1. The van der Waals surface area contributed by atoms with Crippen molar-refractivity contribution in [3.63, 3.8) is 0 Å². The monoisotopic (exact) mass is 302 g/mol. The summed E-state index contributed by atoms with van der Waals surface area (Å²) >= 11 is 0. The first-order chi connectivity index (χ1) is 10.6. The number of benzene rings is 2. The molecule has 0 unspecified atom stereocenters. The van der Waals surface area contributed by atoms with Crippen LogP contribution in [-0.4, -0.2) is 12.7 Å². The number of ether oxygens (including phenoxy) is 1. The number of carbonyl (C=O) groups excluding carboxylic acids is 1.